The molecule has 0 radical (unpaired) electrons. The maximum atomic E-state index is 12.3. The molecular weight excluding hydrogens is 390 g/mol. The van der Waals surface area contributed by atoms with Gasteiger partial charge in [-0.15, -0.1) is 0 Å². The van der Waals surface area contributed by atoms with Gasteiger partial charge in [-0.25, -0.2) is 4.79 Å². The van der Waals surface area contributed by atoms with Gasteiger partial charge in [-0.1, -0.05) is 48.9 Å². The summed E-state index contributed by atoms with van der Waals surface area (Å²) < 4.78 is 5.28. The zero-order chi connectivity index (χ0) is 21.5. The van der Waals surface area contributed by atoms with Crippen molar-refractivity contribution in [2.45, 2.75) is 32.4 Å². The second-order valence-corrected chi connectivity index (χ2v) is 8.60. The molecule has 1 aromatic heterocycles. The van der Waals surface area contributed by atoms with Crippen LogP contribution in [0.3, 0.4) is 0 Å². The van der Waals surface area contributed by atoms with E-state index in [9.17, 15) is 9.90 Å². The third-order valence-corrected chi connectivity index (χ3v) is 6.31. The molecule has 2 aliphatic rings. The SMILES string of the molecule is O=c1occ(CN2CCCCC2)c(O)c1CN1CCN(CC=Cc2ccccc2)CC1. The minimum Gasteiger partial charge on any atom is -0.507 e. The first-order chi connectivity index (χ1) is 15.2. The Bertz CT molecular complexity index is 911. The molecule has 166 valence electrons. The van der Waals surface area contributed by atoms with Crippen molar-refractivity contribution in [1.29, 1.82) is 0 Å². The van der Waals surface area contributed by atoms with E-state index in [1.54, 1.807) is 0 Å². The molecule has 1 aromatic carbocycles. The Hall–Kier alpha value is -2.41. The molecular formula is C25H33N3O3. The number of rotatable bonds is 7. The van der Waals surface area contributed by atoms with E-state index in [-0.39, 0.29) is 5.75 Å². The van der Waals surface area contributed by atoms with Gasteiger partial charge in [-0.2, -0.15) is 0 Å². The van der Waals surface area contributed by atoms with Gasteiger partial charge in [0, 0.05) is 51.4 Å². The van der Waals surface area contributed by atoms with Crippen LogP contribution >= 0.6 is 0 Å². The molecule has 2 fully saturated rings. The zero-order valence-electron chi connectivity index (χ0n) is 18.2. The predicted molar refractivity (Wildman–Crippen MR) is 123 cm³/mol. The third-order valence-electron chi connectivity index (χ3n) is 6.31. The molecule has 1 N–H and O–H groups in total. The zero-order valence-corrected chi connectivity index (χ0v) is 18.2. The molecule has 0 amide bonds. The van der Waals surface area contributed by atoms with Gasteiger partial charge in [0.05, 0.1) is 5.56 Å². The summed E-state index contributed by atoms with van der Waals surface area (Å²) >= 11 is 0. The van der Waals surface area contributed by atoms with Gasteiger partial charge >= 0.3 is 5.63 Å². The van der Waals surface area contributed by atoms with Crippen molar-refractivity contribution >= 4 is 6.08 Å². The number of piperidine rings is 1. The number of likely N-dealkylation sites (tertiary alicyclic amines) is 1. The van der Waals surface area contributed by atoms with E-state index in [0.29, 0.717) is 18.7 Å². The van der Waals surface area contributed by atoms with E-state index in [0.717, 1.165) is 51.4 Å². The number of piperazine rings is 1. The van der Waals surface area contributed by atoms with Gasteiger partial charge in [0.1, 0.15) is 12.0 Å². The lowest BCUT2D eigenvalue weighted by Gasteiger charge is -2.34. The van der Waals surface area contributed by atoms with Crippen molar-refractivity contribution in [1.82, 2.24) is 14.7 Å². The predicted octanol–water partition coefficient (Wildman–Crippen LogP) is 3.16. The van der Waals surface area contributed by atoms with Gasteiger partial charge in [-0.3, -0.25) is 14.7 Å². The van der Waals surface area contributed by atoms with E-state index < -0.39 is 5.63 Å². The molecule has 0 saturated carbocycles. The molecule has 31 heavy (non-hydrogen) atoms. The normalized spacial score (nSPS) is 19.2. The molecule has 2 saturated heterocycles. The standard InChI is InChI=1S/C25H33N3O3/c29-24-22(18-27-11-5-2-6-12-27)20-31-25(30)23(24)19-28-16-14-26(15-17-28)13-7-10-21-8-3-1-4-9-21/h1,3-4,7-10,20,29H,2,5-6,11-19H2. The molecule has 6 heteroatoms. The Balaban J connectivity index is 1.30. The Labute approximate surface area is 184 Å². The van der Waals surface area contributed by atoms with Crippen LogP contribution < -0.4 is 5.63 Å². The summed E-state index contributed by atoms with van der Waals surface area (Å²) in [5.74, 6) is 0.120. The van der Waals surface area contributed by atoms with Crippen molar-refractivity contribution < 1.29 is 9.52 Å². The van der Waals surface area contributed by atoms with E-state index >= 15 is 0 Å². The average Bonchev–Trinajstić information content (AvgIpc) is 2.81. The van der Waals surface area contributed by atoms with Crippen LogP contribution in [0.15, 0.2) is 51.9 Å². The lowest BCUT2D eigenvalue weighted by Crippen LogP contribution is -2.46. The highest BCUT2D eigenvalue weighted by atomic mass is 16.4. The summed E-state index contributed by atoms with van der Waals surface area (Å²) in [5, 5.41) is 10.8. The topological polar surface area (TPSA) is 60.2 Å². The van der Waals surface area contributed by atoms with Crippen LogP contribution in [0.5, 0.6) is 5.75 Å². The van der Waals surface area contributed by atoms with Crippen molar-refractivity contribution in [2.75, 3.05) is 45.8 Å². The molecule has 0 aliphatic carbocycles. The molecule has 3 heterocycles. The highest BCUT2D eigenvalue weighted by molar-refractivity contribution is 5.48. The molecule has 0 bridgehead atoms. The second kappa shape index (κ2) is 10.8. The average molecular weight is 424 g/mol. The molecule has 0 spiro atoms. The summed E-state index contributed by atoms with van der Waals surface area (Å²) in [6.45, 7) is 7.70. The smallest absolute Gasteiger partial charge is 0.343 e. The Kier molecular flexibility index (Phi) is 7.57. The largest absolute Gasteiger partial charge is 0.507 e. The fourth-order valence-electron chi connectivity index (χ4n) is 4.41. The first-order valence-electron chi connectivity index (χ1n) is 11.4. The maximum absolute atomic E-state index is 12.3. The number of aromatic hydroxyl groups is 1. The molecule has 6 nitrogen and oxygen atoms in total. The minimum absolute atomic E-state index is 0.120. The number of nitrogens with zero attached hydrogens (tertiary/aromatic N) is 3. The highest BCUT2D eigenvalue weighted by Crippen LogP contribution is 2.24. The molecule has 0 atom stereocenters. The van der Waals surface area contributed by atoms with Crippen LogP contribution in [0.25, 0.3) is 6.08 Å². The van der Waals surface area contributed by atoms with Gasteiger partial charge in [0.15, 0.2) is 0 Å². The summed E-state index contributed by atoms with van der Waals surface area (Å²) in [4.78, 5) is 19.3. The lowest BCUT2D eigenvalue weighted by molar-refractivity contribution is 0.134. The number of hydrogen-bond acceptors (Lipinski definition) is 6. The Morgan fingerprint density at radius 3 is 2.29 bits per heavy atom. The summed E-state index contributed by atoms with van der Waals surface area (Å²) in [5.41, 5.74) is 1.91. The van der Waals surface area contributed by atoms with E-state index in [1.165, 1.54) is 31.1 Å². The molecule has 2 aliphatic heterocycles. The van der Waals surface area contributed by atoms with Gasteiger partial charge in [0.25, 0.3) is 0 Å². The molecule has 4 rings (SSSR count). The Morgan fingerprint density at radius 1 is 0.871 bits per heavy atom. The van der Waals surface area contributed by atoms with E-state index in [2.05, 4.69) is 39.0 Å². The van der Waals surface area contributed by atoms with E-state index in [1.807, 2.05) is 18.2 Å². The first-order valence-corrected chi connectivity index (χ1v) is 11.4. The van der Waals surface area contributed by atoms with Crippen molar-refractivity contribution in [2.24, 2.45) is 0 Å². The summed E-state index contributed by atoms with van der Waals surface area (Å²) in [6.07, 6.45) is 9.45. The van der Waals surface area contributed by atoms with Crippen LogP contribution in [0.1, 0.15) is 36.0 Å². The quantitative estimate of drug-likeness (QED) is 0.738. The van der Waals surface area contributed by atoms with Crippen LogP contribution in [-0.4, -0.2) is 65.6 Å². The maximum Gasteiger partial charge on any atom is 0.343 e. The van der Waals surface area contributed by atoms with Crippen molar-refractivity contribution in [3.05, 3.63) is 69.8 Å². The minimum atomic E-state index is -0.423. The van der Waals surface area contributed by atoms with Crippen LogP contribution in [-0.2, 0) is 13.1 Å². The molecule has 0 unspecified atom stereocenters. The summed E-state index contributed by atoms with van der Waals surface area (Å²) in [6, 6.07) is 10.3. The fraction of sp³-hybridized carbons (Fsp3) is 0.480. The van der Waals surface area contributed by atoms with Crippen molar-refractivity contribution in [3.63, 3.8) is 0 Å². The molecule has 2 aromatic rings. The number of benzene rings is 1. The highest BCUT2D eigenvalue weighted by Gasteiger charge is 2.22. The number of hydrogen-bond donors (Lipinski definition) is 1. The van der Waals surface area contributed by atoms with Crippen LogP contribution in [0.2, 0.25) is 0 Å². The van der Waals surface area contributed by atoms with Crippen LogP contribution in [0, 0.1) is 0 Å². The van der Waals surface area contributed by atoms with Gasteiger partial charge in [-0.05, 0) is 31.5 Å². The Morgan fingerprint density at radius 2 is 1.55 bits per heavy atom. The fourth-order valence-corrected chi connectivity index (χ4v) is 4.41. The van der Waals surface area contributed by atoms with Gasteiger partial charge < -0.3 is 9.52 Å². The first kappa shape index (κ1) is 21.8. The monoisotopic (exact) mass is 423 g/mol. The van der Waals surface area contributed by atoms with E-state index in [4.69, 9.17) is 4.42 Å². The third kappa shape index (κ3) is 6.06. The van der Waals surface area contributed by atoms with Crippen molar-refractivity contribution in [3.8, 4) is 5.75 Å². The van der Waals surface area contributed by atoms with Crippen LogP contribution in [0.4, 0.5) is 0 Å². The van der Waals surface area contributed by atoms with Gasteiger partial charge in [0.2, 0.25) is 0 Å². The summed E-state index contributed by atoms with van der Waals surface area (Å²) in [7, 11) is 0. The lowest BCUT2D eigenvalue weighted by atomic mass is 10.1. The second-order valence-electron chi connectivity index (χ2n) is 8.60.